The van der Waals surface area contributed by atoms with Crippen LogP contribution in [0.25, 0.3) is 0 Å². The van der Waals surface area contributed by atoms with E-state index >= 15 is 0 Å². The number of carbonyl (C=O) groups is 2. The van der Waals surface area contributed by atoms with Crippen LogP contribution in [0.5, 0.6) is 0 Å². The molecule has 1 amide bonds. The summed E-state index contributed by atoms with van der Waals surface area (Å²) in [6.45, 7) is 2.54. The first-order valence-electron chi connectivity index (χ1n) is 6.20. The van der Waals surface area contributed by atoms with Gasteiger partial charge in [-0.2, -0.15) is 0 Å². The molecule has 0 spiro atoms. The number of nitrogens with one attached hydrogen (secondary N) is 1. The lowest BCUT2D eigenvalue weighted by molar-refractivity contribution is -0.126. The fourth-order valence-corrected chi connectivity index (χ4v) is 3.27. The van der Waals surface area contributed by atoms with E-state index in [1.807, 2.05) is 30.3 Å². The molecule has 18 heavy (non-hydrogen) atoms. The predicted octanol–water partition coefficient (Wildman–Crippen LogP) is 2.16. The highest BCUT2D eigenvalue weighted by Gasteiger charge is 2.36. The summed E-state index contributed by atoms with van der Waals surface area (Å²) in [4.78, 5) is 23.7. The van der Waals surface area contributed by atoms with Crippen LogP contribution in [0.2, 0.25) is 0 Å². The largest absolute Gasteiger partial charge is 0.351 e. The van der Waals surface area contributed by atoms with Crippen LogP contribution in [0.4, 0.5) is 0 Å². The highest BCUT2D eigenvalue weighted by Crippen LogP contribution is 2.32. The Morgan fingerprint density at radius 3 is 2.72 bits per heavy atom. The second-order valence-corrected chi connectivity index (χ2v) is 5.83. The van der Waals surface area contributed by atoms with Gasteiger partial charge in [0.05, 0.1) is 0 Å². The minimum atomic E-state index is -0.501. The van der Waals surface area contributed by atoms with Gasteiger partial charge in [-0.3, -0.25) is 9.59 Å². The molecule has 1 aliphatic heterocycles. The van der Waals surface area contributed by atoms with Crippen molar-refractivity contribution in [1.82, 2.24) is 5.32 Å². The van der Waals surface area contributed by atoms with Gasteiger partial charge in [-0.05, 0) is 12.0 Å². The summed E-state index contributed by atoms with van der Waals surface area (Å²) in [5.74, 6) is -0.0813. The summed E-state index contributed by atoms with van der Waals surface area (Å²) in [7, 11) is 0. The number of amides is 1. The predicted molar refractivity (Wildman–Crippen MR) is 73.4 cm³/mol. The van der Waals surface area contributed by atoms with Gasteiger partial charge in [0.15, 0.2) is 5.78 Å². The lowest BCUT2D eigenvalue weighted by Crippen LogP contribution is -2.34. The van der Waals surface area contributed by atoms with Crippen LogP contribution in [0, 0.1) is 0 Å². The van der Waals surface area contributed by atoms with E-state index in [0.717, 1.165) is 12.0 Å². The third-order valence-electron chi connectivity index (χ3n) is 3.05. The molecule has 0 saturated carbocycles. The molecule has 1 fully saturated rings. The molecule has 2 atom stereocenters. The zero-order valence-electron chi connectivity index (χ0n) is 10.4. The summed E-state index contributed by atoms with van der Waals surface area (Å²) >= 11 is 1.50. The summed E-state index contributed by atoms with van der Waals surface area (Å²) < 4.78 is 0. The van der Waals surface area contributed by atoms with Gasteiger partial charge in [0.25, 0.3) is 0 Å². The number of carbonyl (C=O) groups excluding carboxylic acids is 2. The molecule has 0 radical (unpaired) electrons. The van der Waals surface area contributed by atoms with Crippen LogP contribution >= 0.6 is 11.8 Å². The maximum absolute atomic E-state index is 11.9. The molecule has 1 aromatic carbocycles. The summed E-state index contributed by atoms with van der Waals surface area (Å²) in [5, 5.41) is 2.64. The Kier molecular flexibility index (Phi) is 4.42. The maximum atomic E-state index is 11.9. The van der Waals surface area contributed by atoms with E-state index in [4.69, 9.17) is 0 Å². The zero-order valence-corrected chi connectivity index (χ0v) is 11.2. The monoisotopic (exact) mass is 263 g/mol. The summed E-state index contributed by atoms with van der Waals surface area (Å²) in [6, 6.07) is 9.72. The van der Waals surface area contributed by atoms with Crippen LogP contribution < -0.4 is 5.32 Å². The highest BCUT2D eigenvalue weighted by atomic mass is 32.2. The van der Waals surface area contributed by atoms with E-state index in [1.165, 1.54) is 11.8 Å². The van der Waals surface area contributed by atoms with Crippen molar-refractivity contribution >= 4 is 23.5 Å². The number of ketones is 1. The average Bonchev–Trinajstić information content (AvgIpc) is 2.78. The molecule has 3 nitrogen and oxygen atoms in total. The molecule has 96 valence electrons. The molecule has 1 N–H and O–H groups in total. The Balaban J connectivity index is 1.87. The molecule has 2 rings (SSSR count). The van der Waals surface area contributed by atoms with Crippen LogP contribution in [0.1, 0.15) is 25.3 Å². The molecule has 0 bridgehead atoms. The Bertz CT molecular complexity index is 433. The Morgan fingerprint density at radius 1 is 1.39 bits per heavy atom. The topological polar surface area (TPSA) is 46.2 Å². The Morgan fingerprint density at radius 2 is 2.11 bits per heavy atom. The van der Waals surface area contributed by atoms with E-state index in [0.29, 0.717) is 18.2 Å². The van der Waals surface area contributed by atoms with Gasteiger partial charge in [0, 0.05) is 18.2 Å². The number of thioether (sulfide) groups is 1. The van der Waals surface area contributed by atoms with E-state index in [2.05, 4.69) is 12.2 Å². The first-order valence-corrected chi connectivity index (χ1v) is 7.14. The van der Waals surface area contributed by atoms with Crippen molar-refractivity contribution in [2.45, 2.75) is 36.8 Å². The molecule has 0 aromatic heterocycles. The molecule has 4 heteroatoms. The standard InChI is InChI=1S/C14H17NO2S/c1-2-11-8-12(16)13(18-11)14(17)15-9-10-6-4-3-5-7-10/h3-7,11,13H,2,8-9H2,1H3,(H,15,17). The Labute approximate surface area is 111 Å². The number of hydrogen-bond acceptors (Lipinski definition) is 3. The lowest BCUT2D eigenvalue weighted by atomic mass is 10.1. The maximum Gasteiger partial charge on any atom is 0.240 e. The van der Waals surface area contributed by atoms with Gasteiger partial charge in [-0.15, -0.1) is 11.8 Å². The van der Waals surface area contributed by atoms with Crippen molar-refractivity contribution in [1.29, 1.82) is 0 Å². The van der Waals surface area contributed by atoms with Crippen LogP contribution in [-0.2, 0) is 16.1 Å². The number of hydrogen-bond donors (Lipinski definition) is 1. The van der Waals surface area contributed by atoms with Gasteiger partial charge in [0.2, 0.25) is 5.91 Å². The SMILES string of the molecule is CCC1CC(=O)C(C(=O)NCc2ccccc2)S1. The summed E-state index contributed by atoms with van der Waals surface area (Å²) in [5.41, 5.74) is 1.05. The minimum absolute atomic E-state index is 0.0670. The van der Waals surface area contributed by atoms with Crippen molar-refractivity contribution in [3.8, 4) is 0 Å². The second kappa shape index (κ2) is 6.05. The van der Waals surface area contributed by atoms with E-state index in [1.54, 1.807) is 0 Å². The van der Waals surface area contributed by atoms with Gasteiger partial charge < -0.3 is 5.32 Å². The molecule has 1 aliphatic rings. The molecule has 1 saturated heterocycles. The third kappa shape index (κ3) is 3.13. The normalized spacial score (nSPS) is 23.1. The van der Waals surface area contributed by atoms with Crippen molar-refractivity contribution in [2.75, 3.05) is 0 Å². The van der Waals surface area contributed by atoms with E-state index < -0.39 is 5.25 Å². The zero-order chi connectivity index (χ0) is 13.0. The first-order chi connectivity index (χ1) is 8.70. The average molecular weight is 263 g/mol. The van der Waals surface area contributed by atoms with E-state index in [-0.39, 0.29) is 11.7 Å². The summed E-state index contributed by atoms with van der Waals surface area (Å²) in [6.07, 6.45) is 1.48. The van der Waals surface area contributed by atoms with Crippen molar-refractivity contribution < 1.29 is 9.59 Å². The molecule has 1 aromatic rings. The van der Waals surface area contributed by atoms with Crippen LogP contribution in [0.3, 0.4) is 0 Å². The van der Waals surface area contributed by atoms with Crippen molar-refractivity contribution in [2.24, 2.45) is 0 Å². The quantitative estimate of drug-likeness (QED) is 0.847. The number of rotatable bonds is 4. The molecule has 1 heterocycles. The highest BCUT2D eigenvalue weighted by molar-refractivity contribution is 8.02. The van der Waals surface area contributed by atoms with Gasteiger partial charge in [-0.1, -0.05) is 37.3 Å². The fourth-order valence-electron chi connectivity index (χ4n) is 1.97. The van der Waals surface area contributed by atoms with Crippen molar-refractivity contribution in [3.63, 3.8) is 0 Å². The second-order valence-electron chi connectivity index (χ2n) is 4.42. The smallest absolute Gasteiger partial charge is 0.240 e. The van der Waals surface area contributed by atoms with E-state index in [9.17, 15) is 9.59 Å². The third-order valence-corrected chi connectivity index (χ3v) is 4.69. The lowest BCUT2D eigenvalue weighted by Gasteiger charge is -2.10. The van der Waals surface area contributed by atoms with Crippen molar-refractivity contribution in [3.05, 3.63) is 35.9 Å². The van der Waals surface area contributed by atoms with Gasteiger partial charge >= 0.3 is 0 Å². The van der Waals surface area contributed by atoms with Crippen LogP contribution in [-0.4, -0.2) is 22.2 Å². The van der Waals surface area contributed by atoms with Crippen LogP contribution in [0.15, 0.2) is 30.3 Å². The molecular weight excluding hydrogens is 246 g/mol. The molecular formula is C14H17NO2S. The van der Waals surface area contributed by atoms with Gasteiger partial charge in [-0.25, -0.2) is 0 Å². The molecule has 2 unspecified atom stereocenters. The Hall–Kier alpha value is -1.29. The minimum Gasteiger partial charge on any atom is -0.351 e. The first kappa shape index (κ1) is 13.1. The fraction of sp³-hybridized carbons (Fsp3) is 0.429. The number of benzene rings is 1. The number of Topliss-reactive ketones (excluding diaryl/α,β-unsaturated/α-hetero) is 1. The molecule has 0 aliphatic carbocycles. The van der Waals surface area contributed by atoms with Gasteiger partial charge in [0.1, 0.15) is 5.25 Å².